The van der Waals surface area contributed by atoms with Crippen molar-refractivity contribution >= 4 is 11.9 Å². The molecular formula is C13H18N2O3. The fourth-order valence-corrected chi connectivity index (χ4v) is 1.57. The van der Waals surface area contributed by atoms with Gasteiger partial charge in [0.25, 0.3) is 5.91 Å². The Morgan fingerprint density at radius 3 is 2.72 bits per heavy atom. The van der Waals surface area contributed by atoms with Crippen LogP contribution in [0.15, 0.2) is 18.2 Å². The van der Waals surface area contributed by atoms with Crippen LogP contribution in [-0.4, -0.2) is 28.0 Å². The lowest BCUT2D eigenvalue weighted by Crippen LogP contribution is -2.41. The van der Waals surface area contributed by atoms with E-state index in [0.29, 0.717) is 6.42 Å². The summed E-state index contributed by atoms with van der Waals surface area (Å²) in [4.78, 5) is 26.9. The minimum absolute atomic E-state index is 0.248. The molecule has 1 aromatic rings. The minimum atomic E-state index is -1.01. The first kappa shape index (κ1) is 14.2. The fourth-order valence-electron chi connectivity index (χ4n) is 1.57. The number of amides is 1. The quantitative estimate of drug-likeness (QED) is 0.806. The molecule has 0 fully saturated rings. The van der Waals surface area contributed by atoms with Crippen LogP contribution in [0.4, 0.5) is 0 Å². The maximum atomic E-state index is 11.8. The summed E-state index contributed by atoms with van der Waals surface area (Å²) in [7, 11) is 0. The number of carbonyl (C=O) groups excluding carboxylic acids is 1. The van der Waals surface area contributed by atoms with Crippen LogP contribution in [0.3, 0.4) is 0 Å². The number of carboxylic acid groups (broad SMARTS) is 1. The predicted molar refractivity (Wildman–Crippen MR) is 67.4 cm³/mol. The molecule has 0 aliphatic heterocycles. The molecule has 1 atom stereocenters. The predicted octanol–water partition coefficient (Wildman–Crippen LogP) is 1.76. The lowest BCUT2D eigenvalue weighted by molar-refractivity contribution is -0.139. The van der Waals surface area contributed by atoms with Crippen molar-refractivity contribution in [3.8, 4) is 0 Å². The molecule has 0 aliphatic rings. The van der Waals surface area contributed by atoms with Crippen molar-refractivity contribution in [3.05, 3.63) is 29.6 Å². The van der Waals surface area contributed by atoms with E-state index < -0.39 is 17.9 Å². The first-order chi connectivity index (χ1) is 8.54. The zero-order valence-corrected chi connectivity index (χ0v) is 10.6. The number of pyridine rings is 1. The number of rotatable bonds is 6. The van der Waals surface area contributed by atoms with Crippen LogP contribution in [0.1, 0.15) is 42.4 Å². The molecule has 18 heavy (non-hydrogen) atoms. The first-order valence-corrected chi connectivity index (χ1v) is 6.02. The molecule has 0 saturated heterocycles. The van der Waals surface area contributed by atoms with Crippen molar-refractivity contribution in [1.29, 1.82) is 0 Å². The third kappa shape index (κ3) is 4.16. The lowest BCUT2D eigenvalue weighted by atomic mass is 10.1. The Balaban J connectivity index is 2.69. The monoisotopic (exact) mass is 250 g/mol. The third-order valence-electron chi connectivity index (χ3n) is 2.57. The van der Waals surface area contributed by atoms with Gasteiger partial charge in [-0.2, -0.15) is 0 Å². The molecule has 0 aromatic carbocycles. The molecule has 1 aromatic heterocycles. The average Bonchev–Trinajstić information content (AvgIpc) is 2.33. The molecule has 0 radical (unpaired) electrons. The number of aliphatic carboxylic acids is 1. The van der Waals surface area contributed by atoms with E-state index >= 15 is 0 Å². The highest BCUT2D eigenvalue weighted by atomic mass is 16.4. The molecule has 1 unspecified atom stereocenters. The highest BCUT2D eigenvalue weighted by molar-refractivity contribution is 5.94. The van der Waals surface area contributed by atoms with Gasteiger partial charge in [-0.15, -0.1) is 0 Å². The molecular weight excluding hydrogens is 232 g/mol. The van der Waals surface area contributed by atoms with Crippen LogP contribution in [0.5, 0.6) is 0 Å². The zero-order valence-electron chi connectivity index (χ0n) is 10.6. The molecule has 0 aliphatic carbocycles. The van der Waals surface area contributed by atoms with Gasteiger partial charge in [0.2, 0.25) is 0 Å². The largest absolute Gasteiger partial charge is 0.480 e. The number of carbonyl (C=O) groups is 2. The van der Waals surface area contributed by atoms with Crippen molar-refractivity contribution in [3.63, 3.8) is 0 Å². The molecule has 2 N–H and O–H groups in total. The van der Waals surface area contributed by atoms with Crippen LogP contribution in [0, 0.1) is 6.92 Å². The molecule has 1 amide bonds. The summed E-state index contributed by atoms with van der Waals surface area (Å²) in [6, 6.07) is 4.22. The average molecular weight is 250 g/mol. The Labute approximate surface area is 106 Å². The van der Waals surface area contributed by atoms with Gasteiger partial charge in [-0.05, 0) is 25.5 Å². The van der Waals surface area contributed by atoms with Crippen molar-refractivity contribution < 1.29 is 14.7 Å². The van der Waals surface area contributed by atoms with Gasteiger partial charge in [0.05, 0.1) is 0 Å². The van der Waals surface area contributed by atoms with Gasteiger partial charge in [-0.3, -0.25) is 4.79 Å². The number of unbranched alkanes of at least 4 members (excludes halogenated alkanes) is 1. The van der Waals surface area contributed by atoms with Gasteiger partial charge in [0, 0.05) is 5.69 Å². The maximum Gasteiger partial charge on any atom is 0.326 e. The standard InChI is InChI=1S/C13H18N2O3/c1-3-4-7-11(13(17)18)15-12(16)10-8-5-6-9(2)14-10/h5-6,8,11H,3-4,7H2,1-2H3,(H,15,16)(H,17,18). The second-order valence-corrected chi connectivity index (χ2v) is 4.17. The highest BCUT2D eigenvalue weighted by Crippen LogP contribution is 2.03. The van der Waals surface area contributed by atoms with Gasteiger partial charge in [0.15, 0.2) is 0 Å². The summed E-state index contributed by atoms with van der Waals surface area (Å²) in [6.45, 7) is 3.76. The number of hydrogen-bond donors (Lipinski definition) is 2. The molecule has 0 bridgehead atoms. The van der Waals surface area contributed by atoms with Gasteiger partial charge in [0.1, 0.15) is 11.7 Å². The molecule has 98 valence electrons. The Hall–Kier alpha value is -1.91. The van der Waals surface area contributed by atoms with E-state index in [9.17, 15) is 9.59 Å². The smallest absolute Gasteiger partial charge is 0.326 e. The van der Waals surface area contributed by atoms with Crippen LogP contribution >= 0.6 is 0 Å². The van der Waals surface area contributed by atoms with Gasteiger partial charge in [-0.25, -0.2) is 9.78 Å². The maximum absolute atomic E-state index is 11.8. The first-order valence-electron chi connectivity index (χ1n) is 6.02. The Kier molecular flexibility index (Phi) is 5.30. The van der Waals surface area contributed by atoms with Crippen molar-refractivity contribution in [1.82, 2.24) is 10.3 Å². The number of carboxylic acids is 1. The molecule has 1 rings (SSSR count). The second kappa shape index (κ2) is 6.74. The van der Waals surface area contributed by atoms with Gasteiger partial charge >= 0.3 is 5.97 Å². The van der Waals surface area contributed by atoms with Crippen LogP contribution in [0.25, 0.3) is 0 Å². The summed E-state index contributed by atoms with van der Waals surface area (Å²) in [5.74, 6) is -1.45. The van der Waals surface area contributed by atoms with Crippen molar-refractivity contribution in [2.24, 2.45) is 0 Å². The molecule has 0 spiro atoms. The number of aromatic nitrogens is 1. The molecule has 5 heteroatoms. The van der Waals surface area contributed by atoms with E-state index in [2.05, 4.69) is 10.3 Å². The van der Waals surface area contributed by atoms with Crippen LogP contribution < -0.4 is 5.32 Å². The summed E-state index contributed by atoms with van der Waals surface area (Å²) < 4.78 is 0. The summed E-state index contributed by atoms with van der Waals surface area (Å²) >= 11 is 0. The normalized spacial score (nSPS) is 11.9. The van der Waals surface area contributed by atoms with E-state index in [1.807, 2.05) is 6.92 Å². The van der Waals surface area contributed by atoms with Crippen LogP contribution in [0.2, 0.25) is 0 Å². The molecule has 5 nitrogen and oxygen atoms in total. The Bertz CT molecular complexity index is 432. The fraction of sp³-hybridized carbons (Fsp3) is 0.462. The lowest BCUT2D eigenvalue weighted by Gasteiger charge is -2.13. The van der Waals surface area contributed by atoms with Gasteiger partial charge in [-0.1, -0.05) is 25.8 Å². The highest BCUT2D eigenvalue weighted by Gasteiger charge is 2.20. The summed E-state index contributed by atoms with van der Waals surface area (Å²) in [6.07, 6.45) is 2.09. The molecule has 0 saturated carbocycles. The second-order valence-electron chi connectivity index (χ2n) is 4.17. The Morgan fingerprint density at radius 2 is 2.17 bits per heavy atom. The summed E-state index contributed by atoms with van der Waals surface area (Å²) in [5, 5.41) is 11.5. The number of hydrogen-bond acceptors (Lipinski definition) is 3. The van der Waals surface area contributed by atoms with Crippen LogP contribution in [-0.2, 0) is 4.79 Å². The van der Waals surface area contributed by atoms with E-state index in [0.717, 1.165) is 18.5 Å². The van der Waals surface area contributed by atoms with E-state index in [-0.39, 0.29) is 5.69 Å². The number of nitrogens with one attached hydrogen (secondary N) is 1. The van der Waals surface area contributed by atoms with E-state index in [1.54, 1.807) is 25.1 Å². The number of aryl methyl sites for hydroxylation is 1. The van der Waals surface area contributed by atoms with E-state index in [1.165, 1.54) is 0 Å². The Morgan fingerprint density at radius 1 is 1.44 bits per heavy atom. The zero-order chi connectivity index (χ0) is 13.5. The van der Waals surface area contributed by atoms with Gasteiger partial charge < -0.3 is 10.4 Å². The van der Waals surface area contributed by atoms with Crippen molar-refractivity contribution in [2.75, 3.05) is 0 Å². The third-order valence-corrected chi connectivity index (χ3v) is 2.57. The topological polar surface area (TPSA) is 79.3 Å². The van der Waals surface area contributed by atoms with E-state index in [4.69, 9.17) is 5.11 Å². The SMILES string of the molecule is CCCCC(NC(=O)c1cccc(C)n1)C(=O)O. The minimum Gasteiger partial charge on any atom is -0.480 e. The van der Waals surface area contributed by atoms with Crippen molar-refractivity contribution in [2.45, 2.75) is 39.2 Å². The number of nitrogens with zero attached hydrogens (tertiary/aromatic N) is 1. The molecule has 1 heterocycles. The summed E-state index contributed by atoms with van der Waals surface area (Å²) in [5.41, 5.74) is 0.973.